The standard InChI is InChI=1S/C25H26F2N2O5/c26-25(27,23(31)32)14-28-22(30)12-15-9-10-16(11-15)29-24(33)34-13-21-19-7-3-1-5-17(19)18-6-2-4-8-20(18)21/h1-8,15-16,21H,9-14H2,(H,28,30)(H,29,33)(H,31,32)/t15-,16+/m0/s1. The number of halogens is 2. The van der Waals surface area contributed by atoms with Crippen LogP contribution in [0.2, 0.25) is 0 Å². The number of carboxylic acid groups (broad SMARTS) is 1. The third-order valence-corrected chi connectivity index (χ3v) is 6.50. The third kappa shape index (κ3) is 5.18. The second-order valence-corrected chi connectivity index (χ2v) is 8.84. The summed E-state index contributed by atoms with van der Waals surface area (Å²) in [5.74, 6) is -7.03. The number of alkyl halides is 2. The predicted octanol–water partition coefficient (Wildman–Crippen LogP) is 3.92. The molecule has 0 aromatic heterocycles. The number of ether oxygens (including phenoxy) is 1. The number of carbonyl (C=O) groups excluding carboxylic acids is 2. The first kappa shape index (κ1) is 23.7. The van der Waals surface area contributed by atoms with E-state index in [1.54, 1.807) is 0 Å². The summed E-state index contributed by atoms with van der Waals surface area (Å²) in [6, 6.07) is 15.9. The largest absolute Gasteiger partial charge is 0.477 e. The molecule has 2 aromatic carbocycles. The fraction of sp³-hybridized carbons (Fsp3) is 0.400. The minimum atomic E-state index is -4.00. The Labute approximate surface area is 195 Å². The Bertz CT molecular complexity index is 1040. The summed E-state index contributed by atoms with van der Waals surface area (Å²) in [6.45, 7) is -1.04. The van der Waals surface area contributed by atoms with Crippen LogP contribution >= 0.6 is 0 Å². The van der Waals surface area contributed by atoms with Crippen molar-refractivity contribution in [3.63, 3.8) is 0 Å². The summed E-state index contributed by atoms with van der Waals surface area (Å²) < 4.78 is 31.7. The molecule has 2 atom stereocenters. The Morgan fingerprint density at radius 2 is 1.62 bits per heavy atom. The second kappa shape index (κ2) is 9.79. The molecule has 0 spiro atoms. The monoisotopic (exact) mass is 472 g/mol. The normalized spacial score (nSPS) is 19.2. The summed E-state index contributed by atoms with van der Waals surface area (Å²) in [5.41, 5.74) is 4.53. The molecule has 2 aliphatic carbocycles. The van der Waals surface area contributed by atoms with Gasteiger partial charge in [-0.3, -0.25) is 4.79 Å². The Balaban J connectivity index is 1.24. The van der Waals surface area contributed by atoms with Crippen LogP contribution in [0.1, 0.15) is 42.7 Å². The van der Waals surface area contributed by atoms with E-state index in [1.807, 2.05) is 41.7 Å². The van der Waals surface area contributed by atoms with E-state index in [0.29, 0.717) is 19.3 Å². The van der Waals surface area contributed by atoms with Crippen molar-refractivity contribution in [2.75, 3.05) is 13.2 Å². The zero-order valence-corrected chi connectivity index (χ0v) is 18.4. The quantitative estimate of drug-likeness (QED) is 0.540. The van der Waals surface area contributed by atoms with Gasteiger partial charge in [0, 0.05) is 18.4 Å². The summed E-state index contributed by atoms with van der Waals surface area (Å²) >= 11 is 0. The van der Waals surface area contributed by atoms with Gasteiger partial charge in [0.25, 0.3) is 0 Å². The minimum Gasteiger partial charge on any atom is -0.477 e. The van der Waals surface area contributed by atoms with Crippen LogP contribution in [0.25, 0.3) is 11.1 Å². The number of rotatable bonds is 8. The van der Waals surface area contributed by atoms with E-state index in [-0.39, 0.29) is 30.9 Å². The van der Waals surface area contributed by atoms with Crippen LogP contribution in [0.3, 0.4) is 0 Å². The highest BCUT2D eigenvalue weighted by atomic mass is 19.3. The molecule has 2 aliphatic rings. The van der Waals surface area contributed by atoms with Crippen molar-refractivity contribution in [2.24, 2.45) is 5.92 Å². The maximum absolute atomic E-state index is 13.1. The molecular weight excluding hydrogens is 446 g/mol. The van der Waals surface area contributed by atoms with E-state index in [2.05, 4.69) is 17.4 Å². The molecule has 0 unspecified atom stereocenters. The first-order valence-electron chi connectivity index (χ1n) is 11.2. The van der Waals surface area contributed by atoms with Crippen LogP contribution in [-0.2, 0) is 14.3 Å². The number of nitrogens with one attached hydrogen (secondary N) is 2. The molecule has 1 fully saturated rings. The molecule has 3 N–H and O–H groups in total. The van der Waals surface area contributed by atoms with Crippen molar-refractivity contribution in [3.8, 4) is 11.1 Å². The number of carboxylic acids is 1. The molecular formula is C25H26F2N2O5. The Morgan fingerprint density at radius 1 is 1.00 bits per heavy atom. The van der Waals surface area contributed by atoms with Crippen molar-refractivity contribution in [1.82, 2.24) is 10.6 Å². The molecule has 7 nitrogen and oxygen atoms in total. The molecule has 2 amide bonds. The lowest BCUT2D eigenvalue weighted by Gasteiger charge is -2.17. The number of alkyl carbamates (subject to hydrolysis) is 1. The van der Waals surface area contributed by atoms with Crippen LogP contribution in [0.15, 0.2) is 48.5 Å². The molecule has 9 heteroatoms. The fourth-order valence-electron chi connectivity index (χ4n) is 4.82. The predicted molar refractivity (Wildman–Crippen MR) is 120 cm³/mol. The van der Waals surface area contributed by atoms with Gasteiger partial charge in [0.2, 0.25) is 5.91 Å². The van der Waals surface area contributed by atoms with Gasteiger partial charge in [0.1, 0.15) is 6.61 Å². The molecule has 0 bridgehead atoms. The minimum absolute atomic E-state index is 0.00142. The topological polar surface area (TPSA) is 105 Å². The van der Waals surface area contributed by atoms with Gasteiger partial charge >= 0.3 is 18.0 Å². The third-order valence-electron chi connectivity index (χ3n) is 6.50. The molecule has 0 saturated heterocycles. The Morgan fingerprint density at radius 3 is 2.24 bits per heavy atom. The van der Waals surface area contributed by atoms with Crippen LogP contribution in [0, 0.1) is 5.92 Å². The lowest BCUT2D eigenvalue weighted by molar-refractivity contribution is -0.164. The summed E-state index contributed by atoms with van der Waals surface area (Å²) in [4.78, 5) is 34.8. The van der Waals surface area contributed by atoms with E-state index < -0.39 is 30.4 Å². The van der Waals surface area contributed by atoms with E-state index in [4.69, 9.17) is 9.84 Å². The van der Waals surface area contributed by atoms with Gasteiger partial charge in [0.05, 0.1) is 6.54 Å². The zero-order valence-electron chi connectivity index (χ0n) is 18.4. The number of hydrogen-bond donors (Lipinski definition) is 3. The van der Waals surface area contributed by atoms with Gasteiger partial charge in [-0.2, -0.15) is 8.78 Å². The molecule has 0 radical (unpaired) electrons. The summed E-state index contributed by atoms with van der Waals surface area (Å²) in [7, 11) is 0. The zero-order chi connectivity index (χ0) is 24.3. The molecule has 34 heavy (non-hydrogen) atoms. The summed E-state index contributed by atoms with van der Waals surface area (Å²) in [6.07, 6.45) is 1.29. The van der Waals surface area contributed by atoms with Gasteiger partial charge in [-0.25, -0.2) is 9.59 Å². The molecule has 4 rings (SSSR count). The smallest absolute Gasteiger partial charge is 0.407 e. The first-order valence-corrected chi connectivity index (χ1v) is 11.2. The van der Waals surface area contributed by atoms with E-state index in [9.17, 15) is 23.2 Å². The second-order valence-electron chi connectivity index (χ2n) is 8.84. The highest BCUT2D eigenvalue weighted by Crippen LogP contribution is 2.44. The van der Waals surface area contributed by atoms with Gasteiger partial charge < -0.3 is 20.5 Å². The number of amides is 2. The lowest BCUT2D eigenvalue weighted by atomic mass is 9.98. The van der Waals surface area contributed by atoms with E-state index in [1.165, 1.54) is 0 Å². The highest BCUT2D eigenvalue weighted by molar-refractivity contribution is 5.80. The van der Waals surface area contributed by atoms with Gasteiger partial charge in [-0.05, 0) is 47.4 Å². The average Bonchev–Trinajstić information content (AvgIpc) is 3.38. The molecule has 1 saturated carbocycles. The number of hydrogen-bond acceptors (Lipinski definition) is 4. The molecule has 0 aliphatic heterocycles. The molecule has 180 valence electrons. The summed E-state index contributed by atoms with van der Waals surface area (Å²) in [5, 5.41) is 13.2. The Kier molecular flexibility index (Phi) is 6.81. The fourth-order valence-corrected chi connectivity index (χ4v) is 4.82. The van der Waals surface area contributed by atoms with Crippen LogP contribution in [0.4, 0.5) is 13.6 Å². The van der Waals surface area contributed by atoms with Crippen molar-refractivity contribution >= 4 is 18.0 Å². The average molecular weight is 472 g/mol. The number of fused-ring (bicyclic) bond motifs is 3. The number of benzene rings is 2. The van der Waals surface area contributed by atoms with Gasteiger partial charge in [0.15, 0.2) is 0 Å². The van der Waals surface area contributed by atoms with Crippen LogP contribution in [-0.4, -0.2) is 48.2 Å². The van der Waals surface area contributed by atoms with E-state index >= 15 is 0 Å². The van der Waals surface area contributed by atoms with Crippen LogP contribution in [0.5, 0.6) is 0 Å². The van der Waals surface area contributed by atoms with Crippen molar-refractivity contribution in [1.29, 1.82) is 0 Å². The van der Waals surface area contributed by atoms with Gasteiger partial charge in [-0.15, -0.1) is 0 Å². The molecule has 0 heterocycles. The Hall–Kier alpha value is -3.49. The van der Waals surface area contributed by atoms with Crippen molar-refractivity contribution < 1.29 is 33.0 Å². The maximum Gasteiger partial charge on any atom is 0.407 e. The maximum atomic E-state index is 13.1. The van der Waals surface area contributed by atoms with Crippen molar-refractivity contribution in [2.45, 2.75) is 43.6 Å². The van der Waals surface area contributed by atoms with Crippen molar-refractivity contribution in [3.05, 3.63) is 59.7 Å². The van der Waals surface area contributed by atoms with Crippen LogP contribution < -0.4 is 10.6 Å². The molecule has 2 aromatic rings. The number of carbonyl (C=O) groups is 3. The van der Waals surface area contributed by atoms with E-state index in [0.717, 1.165) is 22.3 Å². The highest BCUT2D eigenvalue weighted by Gasteiger charge is 2.39. The SMILES string of the molecule is O=C(C[C@H]1CC[C@@H](NC(=O)OCC2c3ccccc3-c3ccccc32)C1)NCC(F)(F)C(=O)O. The van der Waals surface area contributed by atoms with Gasteiger partial charge in [-0.1, -0.05) is 48.5 Å². The lowest BCUT2D eigenvalue weighted by Crippen LogP contribution is -2.42. The first-order chi connectivity index (χ1) is 16.2. The number of aliphatic carboxylic acids is 1.